The fourth-order valence-electron chi connectivity index (χ4n) is 2.53. The molecule has 2 rings (SSSR count). The summed E-state index contributed by atoms with van der Waals surface area (Å²) in [6, 6.07) is 14.1. The molecule has 0 aromatic heterocycles. The van der Waals surface area contributed by atoms with Gasteiger partial charge in [-0.05, 0) is 36.2 Å². The van der Waals surface area contributed by atoms with Crippen molar-refractivity contribution in [3.05, 3.63) is 65.2 Å². The molecule has 0 spiro atoms. The number of benzene rings is 2. The zero-order valence-corrected chi connectivity index (χ0v) is 16.0. The van der Waals surface area contributed by atoms with Gasteiger partial charge in [0.25, 0.3) is 5.91 Å². The van der Waals surface area contributed by atoms with E-state index in [0.29, 0.717) is 25.3 Å². The Morgan fingerprint density at radius 3 is 2.50 bits per heavy atom. The summed E-state index contributed by atoms with van der Waals surface area (Å²) in [5.41, 5.74) is 2.30. The molecule has 0 radical (unpaired) electrons. The first kappa shape index (κ1) is 19.9. The van der Waals surface area contributed by atoms with Crippen molar-refractivity contribution in [2.24, 2.45) is 0 Å². The van der Waals surface area contributed by atoms with Crippen LogP contribution in [0.4, 0.5) is 0 Å². The first-order chi connectivity index (χ1) is 12.3. The molecule has 0 saturated carbocycles. The molecule has 0 heterocycles. The molecule has 0 fully saturated rings. The van der Waals surface area contributed by atoms with Gasteiger partial charge < -0.3 is 13.8 Å². The van der Waals surface area contributed by atoms with Crippen LogP contribution in [0, 0.1) is 6.92 Å². The molecule has 0 bridgehead atoms. The Bertz CT molecular complexity index is 864. The summed E-state index contributed by atoms with van der Waals surface area (Å²) in [5.74, 6) is 0.120. The molecule has 0 aliphatic rings. The second-order valence-corrected chi connectivity index (χ2v) is 7.54. The number of aryl methyl sites for hydroxylation is 1. The van der Waals surface area contributed by atoms with Gasteiger partial charge in [-0.2, -0.15) is 8.42 Å². The van der Waals surface area contributed by atoms with Gasteiger partial charge in [0, 0.05) is 25.8 Å². The second kappa shape index (κ2) is 8.82. The summed E-state index contributed by atoms with van der Waals surface area (Å²) in [5, 5.41) is 0. The molecule has 26 heavy (non-hydrogen) atoms. The first-order valence-corrected chi connectivity index (χ1v) is 9.94. The normalized spacial score (nSPS) is 11.2. The van der Waals surface area contributed by atoms with Crippen molar-refractivity contribution in [1.82, 2.24) is 4.90 Å². The minimum absolute atomic E-state index is 0.102. The Labute approximate surface area is 154 Å². The molecule has 2 aromatic rings. The lowest BCUT2D eigenvalue weighted by Gasteiger charge is -2.23. The number of carbonyl (C=O) groups excluding carboxylic acids is 1. The average molecular weight is 377 g/mol. The SMILES string of the molecule is COCCN(Cc1cccc(OS(C)(=O)=O)c1)C(=O)c1ccccc1C. The molecule has 0 unspecified atom stereocenters. The lowest BCUT2D eigenvalue weighted by molar-refractivity contribution is 0.0679. The predicted octanol–water partition coefficient (Wildman–Crippen LogP) is 2.62. The van der Waals surface area contributed by atoms with Crippen LogP contribution in [0.3, 0.4) is 0 Å². The van der Waals surface area contributed by atoms with Crippen LogP contribution in [0.15, 0.2) is 48.5 Å². The molecule has 0 N–H and O–H groups in total. The van der Waals surface area contributed by atoms with Crippen LogP contribution in [0.1, 0.15) is 21.5 Å². The van der Waals surface area contributed by atoms with E-state index in [2.05, 4.69) is 0 Å². The Kier molecular flexibility index (Phi) is 6.76. The van der Waals surface area contributed by atoms with Crippen molar-refractivity contribution in [3.8, 4) is 5.75 Å². The molecular formula is C19H23NO5S. The first-order valence-electron chi connectivity index (χ1n) is 8.12. The van der Waals surface area contributed by atoms with E-state index in [1.54, 1.807) is 36.3 Å². The van der Waals surface area contributed by atoms with Crippen LogP contribution in [-0.4, -0.2) is 45.7 Å². The zero-order chi connectivity index (χ0) is 19.2. The van der Waals surface area contributed by atoms with Crippen molar-refractivity contribution in [1.29, 1.82) is 0 Å². The molecule has 1 amide bonds. The highest BCUT2D eigenvalue weighted by molar-refractivity contribution is 7.86. The maximum absolute atomic E-state index is 12.9. The Morgan fingerprint density at radius 2 is 1.85 bits per heavy atom. The smallest absolute Gasteiger partial charge is 0.306 e. The number of methoxy groups -OCH3 is 1. The van der Waals surface area contributed by atoms with Crippen molar-refractivity contribution in [2.45, 2.75) is 13.5 Å². The number of amides is 1. The molecule has 0 aliphatic heterocycles. The monoisotopic (exact) mass is 377 g/mol. The Morgan fingerprint density at radius 1 is 1.12 bits per heavy atom. The Hall–Kier alpha value is -2.38. The molecule has 6 nitrogen and oxygen atoms in total. The fraction of sp³-hybridized carbons (Fsp3) is 0.316. The van der Waals surface area contributed by atoms with E-state index in [0.717, 1.165) is 17.4 Å². The van der Waals surface area contributed by atoms with E-state index in [9.17, 15) is 13.2 Å². The summed E-state index contributed by atoms with van der Waals surface area (Å²) in [7, 11) is -2.02. The second-order valence-electron chi connectivity index (χ2n) is 5.97. The number of carbonyl (C=O) groups is 1. The predicted molar refractivity (Wildman–Crippen MR) is 99.7 cm³/mol. The van der Waals surface area contributed by atoms with Gasteiger partial charge in [0.15, 0.2) is 0 Å². The van der Waals surface area contributed by atoms with Crippen LogP contribution in [-0.2, 0) is 21.4 Å². The topological polar surface area (TPSA) is 72.9 Å². The van der Waals surface area contributed by atoms with Gasteiger partial charge in [-0.1, -0.05) is 30.3 Å². The molecule has 2 aromatic carbocycles. The summed E-state index contributed by atoms with van der Waals surface area (Å²) < 4.78 is 32.6. The minimum Gasteiger partial charge on any atom is -0.383 e. The van der Waals surface area contributed by atoms with E-state index in [-0.39, 0.29) is 11.7 Å². The number of nitrogens with zero attached hydrogens (tertiary/aromatic N) is 1. The lowest BCUT2D eigenvalue weighted by Crippen LogP contribution is -2.33. The van der Waals surface area contributed by atoms with Gasteiger partial charge in [-0.3, -0.25) is 4.79 Å². The van der Waals surface area contributed by atoms with Crippen molar-refractivity contribution < 1.29 is 22.1 Å². The van der Waals surface area contributed by atoms with Gasteiger partial charge in [-0.25, -0.2) is 0 Å². The van der Waals surface area contributed by atoms with E-state index < -0.39 is 10.1 Å². The van der Waals surface area contributed by atoms with Gasteiger partial charge in [0.1, 0.15) is 5.75 Å². The molecule has 7 heteroatoms. The van der Waals surface area contributed by atoms with E-state index in [4.69, 9.17) is 8.92 Å². The summed E-state index contributed by atoms with van der Waals surface area (Å²) in [6.45, 7) is 3.03. The third-order valence-electron chi connectivity index (χ3n) is 3.75. The van der Waals surface area contributed by atoms with Crippen molar-refractivity contribution in [2.75, 3.05) is 26.5 Å². The largest absolute Gasteiger partial charge is 0.383 e. The van der Waals surface area contributed by atoms with E-state index in [1.165, 1.54) is 0 Å². The van der Waals surface area contributed by atoms with Crippen molar-refractivity contribution in [3.63, 3.8) is 0 Å². The van der Waals surface area contributed by atoms with Crippen molar-refractivity contribution >= 4 is 16.0 Å². The number of ether oxygens (including phenoxy) is 1. The van der Waals surface area contributed by atoms with Crippen LogP contribution < -0.4 is 4.18 Å². The zero-order valence-electron chi connectivity index (χ0n) is 15.1. The fourth-order valence-corrected chi connectivity index (χ4v) is 2.98. The Balaban J connectivity index is 2.24. The quantitative estimate of drug-likeness (QED) is 0.661. The standard InChI is InChI=1S/C19H23NO5S/c1-15-7-4-5-10-18(15)19(21)20(11-12-24-2)14-16-8-6-9-17(13-16)25-26(3,22)23/h4-10,13H,11-12,14H2,1-3H3. The van der Waals surface area contributed by atoms with Crippen LogP contribution in [0.5, 0.6) is 5.75 Å². The summed E-state index contributed by atoms with van der Waals surface area (Å²) in [4.78, 5) is 14.6. The minimum atomic E-state index is -3.60. The maximum atomic E-state index is 12.9. The van der Waals surface area contributed by atoms with E-state index in [1.807, 2.05) is 31.2 Å². The van der Waals surface area contributed by atoms with Gasteiger partial charge >= 0.3 is 10.1 Å². The molecule has 140 valence electrons. The molecular weight excluding hydrogens is 354 g/mol. The summed E-state index contributed by atoms with van der Waals surface area (Å²) >= 11 is 0. The van der Waals surface area contributed by atoms with Gasteiger partial charge in [0.2, 0.25) is 0 Å². The highest BCUT2D eigenvalue weighted by Gasteiger charge is 2.18. The number of hydrogen-bond donors (Lipinski definition) is 0. The van der Waals surface area contributed by atoms with Crippen LogP contribution in [0.25, 0.3) is 0 Å². The van der Waals surface area contributed by atoms with Gasteiger partial charge in [-0.15, -0.1) is 0 Å². The third-order valence-corrected chi connectivity index (χ3v) is 4.24. The van der Waals surface area contributed by atoms with Crippen LogP contribution >= 0.6 is 0 Å². The molecule has 0 saturated heterocycles. The molecule has 0 aliphatic carbocycles. The van der Waals surface area contributed by atoms with Crippen LogP contribution in [0.2, 0.25) is 0 Å². The van der Waals surface area contributed by atoms with E-state index >= 15 is 0 Å². The number of rotatable bonds is 8. The maximum Gasteiger partial charge on any atom is 0.306 e. The average Bonchev–Trinajstić information content (AvgIpc) is 2.57. The molecule has 0 atom stereocenters. The van der Waals surface area contributed by atoms with Gasteiger partial charge in [0.05, 0.1) is 12.9 Å². The third kappa shape index (κ3) is 5.86. The highest BCUT2D eigenvalue weighted by Crippen LogP contribution is 2.18. The highest BCUT2D eigenvalue weighted by atomic mass is 32.2. The number of hydrogen-bond acceptors (Lipinski definition) is 5. The lowest BCUT2D eigenvalue weighted by atomic mass is 10.1. The summed E-state index contributed by atoms with van der Waals surface area (Å²) in [6.07, 6.45) is 0.992.